The van der Waals surface area contributed by atoms with E-state index in [0.29, 0.717) is 6.10 Å². The van der Waals surface area contributed by atoms with Crippen molar-refractivity contribution in [3.63, 3.8) is 0 Å². The first-order chi connectivity index (χ1) is 8.38. The van der Waals surface area contributed by atoms with Crippen LogP contribution >= 0.6 is 0 Å². The average molecular weight is 340 g/mol. The molecule has 0 saturated carbocycles. The van der Waals surface area contributed by atoms with Gasteiger partial charge < -0.3 is 0 Å². The van der Waals surface area contributed by atoms with Crippen molar-refractivity contribution >= 4 is 25.1 Å². The Balaban J connectivity index is 1.84. The maximum atomic E-state index is 5.95. The van der Waals surface area contributed by atoms with Crippen LogP contribution in [0.1, 0.15) is 19.8 Å². The van der Waals surface area contributed by atoms with E-state index in [1.807, 2.05) is 0 Å². The van der Waals surface area contributed by atoms with Gasteiger partial charge in [-0.15, -0.1) is 0 Å². The summed E-state index contributed by atoms with van der Waals surface area (Å²) in [7, 11) is 0. The molecule has 92 valence electrons. The zero-order chi connectivity index (χ0) is 11.9. The summed E-state index contributed by atoms with van der Waals surface area (Å²) in [4.78, 5) is 0. The molecule has 0 unspecified atom stereocenters. The summed E-state index contributed by atoms with van der Waals surface area (Å²) in [5, 5.41) is 3.34. The molecule has 4 heteroatoms. The van der Waals surface area contributed by atoms with E-state index in [-0.39, 0.29) is 0 Å². The molecule has 1 saturated heterocycles. The van der Waals surface area contributed by atoms with Crippen LogP contribution in [0.25, 0.3) is 0 Å². The minimum absolute atomic E-state index is 0.383. The fourth-order valence-electron chi connectivity index (χ4n) is 1.86. The second kappa shape index (κ2) is 7.23. The molecule has 1 aromatic rings. The van der Waals surface area contributed by atoms with Crippen LogP contribution in [0.15, 0.2) is 24.3 Å². The number of nitrogens with one attached hydrogen (secondary N) is 1. The van der Waals surface area contributed by atoms with Crippen LogP contribution in [0.3, 0.4) is 0 Å². The number of piperidine rings is 1. The number of hydrogen-bond donors (Lipinski definition) is 1. The first kappa shape index (κ1) is 13.2. The van der Waals surface area contributed by atoms with Crippen LogP contribution in [-0.2, 0) is 3.07 Å². The van der Waals surface area contributed by atoms with Gasteiger partial charge in [0.1, 0.15) is 0 Å². The van der Waals surface area contributed by atoms with Gasteiger partial charge in [-0.2, -0.15) is 0 Å². The summed E-state index contributed by atoms with van der Waals surface area (Å²) < 4.78 is 12.9. The Morgan fingerprint density at radius 3 is 2.59 bits per heavy atom. The Morgan fingerprint density at radius 1 is 1.24 bits per heavy atom. The van der Waals surface area contributed by atoms with Crippen LogP contribution in [-0.4, -0.2) is 47.4 Å². The number of ether oxygens (including phenoxy) is 1. The first-order valence-electron chi connectivity index (χ1n) is 6.23. The van der Waals surface area contributed by atoms with Crippen molar-refractivity contribution in [1.82, 2.24) is 5.32 Å². The summed E-state index contributed by atoms with van der Waals surface area (Å²) in [6.07, 6.45) is 2.60. The van der Waals surface area contributed by atoms with Gasteiger partial charge in [0.05, 0.1) is 0 Å². The summed E-state index contributed by atoms with van der Waals surface area (Å²) in [6.45, 7) is 5.03. The quantitative estimate of drug-likeness (QED) is 0.815. The Labute approximate surface area is 114 Å². The first-order valence-corrected chi connectivity index (χ1v) is 8.83. The Bertz CT molecular complexity index is 323. The zero-order valence-electron chi connectivity index (χ0n) is 10.2. The Hall–Kier alpha value is -0.261. The second-order valence-electron chi connectivity index (χ2n) is 4.13. The third-order valence-electron chi connectivity index (χ3n) is 2.78. The molecule has 17 heavy (non-hydrogen) atoms. The van der Waals surface area contributed by atoms with E-state index in [4.69, 9.17) is 7.81 Å². The van der Waals surface area contributed by atoms with Crippen molar-refractivity contribution < 1.29 is 7.81 Å². The van der Waals surface area contributed by atoms with Gasteiger partial charge in [-0.05, 0) is 0 Å². The van der Waals surface area contributed by atoms with Gasteiger partial charge >= 0.3 is 114 Å². The second-order valence-corrected chi connectivity index (χ2v) is 7.18. The summed E-state index contributed by atoms with van der Waals surface area (Å²) in [6, 6.07) is 8.46. The van der Waals surface area contributed by atoms with Gasteiger partial charge in [0.25, 0.3) is 0 Å². The molecule has 0 bridgehead atoms. The van der Waals surface area contributed by atoms with Crippen molar-refractivity contribution in [2.75, 3.05) is 19.7 Å². The van der Waals surface area contributed by atoms with Crippen LogP contribution < -0.4 is 13.6 Å². The van der Waals surface area contributed by atoms with E-state index in [1.54, 1.807) is 0 Å². The van der Waals surface area contributed by atoms with Gasteiger partial charge in [0, 0.05) is 0 Å². The predicted molar refractivity (Wildman–Crippen MR) is 70.0 cm³/mol. The molecular weight excluding hydrogens is 321 g/mol. The summed E-state index contributed by atoms with van der Waals surface area (Å²) >= 11 is -0.794. The summed E-state index contributed by atoms with van der Waals surface area (Å²) in [5.41, 5.74) is 0. The van der Waals surface area contributed by atoms with Gasteiger partial charge in [0.2, 0.25) is 0 Å². The molecule has 1 heterocycles. The van der Waals surface area contributed by atoms with Gasteiger partial charge in [-0.1, -0.05) is 0 Å². The molecule has 0 amide bonds. The van der Waals surface area contributed by atoms with E-state index < -0.39 is 21.6 Å². The monoisotopic (exact) mass is 341 g/mol. The molecule has 1 aromatic carbocycles. The number of rotatable bonds is 5. The van der Waals surface area contributed by atoms with Gasteiger partial charge in [-0.25, -0.2) is 0 Å². The molecule has 1 aliphatic rings. The Morgan fingerprint density at radius 2 is 1.94 bits per heavy atom. The number of hydrogen-bond acceptors (Lipinski definition) is 3. The molecular formula is C13H19NO2Sn. The normalized spacial score (nSPS) is 17.0. The SMILES string of the molecule is CC[O][Sn][c]1ccc(OC2CCNCC2)cc1. The van der Waals surface area contributed by atoms with Gasteiger partial charge in [0.15, 0.2) is 0 Å². The fourth-order valence-corrected chi connectivity index (χ4v) is 3.61. The molecule has 1 aliphatic heterocycles. The van der Waals surface area contributed by atoms with Crippen molar-refractivity contribution in [2.45, 2.75) is 25.9 Å². The molecule has 1 fully saturated rings. The van der Waals surface area contributed by atoms with Crippen LogP contribution in [0.4, 0.5) is 0 Å². The molecule has 2 radical (unpaired) electrons. The van der Waals surface area contributed by atoms with Crippen LogP contribution in [0.5, 0.6) is 5.75 Å². The minimum atomic E-state index is -0.794. The van der Waals surface area contributed by atoms with Crippen molar-refractivity contribution in [3.8, 4) is 5.75 Å². The molecule has 3 nitrogen and oxygen atoms in total. The molecule has 1 N–H and O–H groups in total. The Kier molecular flexibility index (Phi) is 5.61. The standard InChI is InChI=1S/C11H14NO.C2H5O.Sn/c1-2-4-10(5-3-1)13-11-6-8-12-9-7-11;1-2-3;/h2-5,11-12H,6-9H2;2H2,1H3;/q;-1;+1. The average Bonchev–Trinajstić information content (AvgIpc) is 2.39. The van der Waals surface area contributed by atoms with E-state index in [0.717, 1.165) is 38.3 Å². The fraction of sp³-hybridized carbons (Fsp3) is 0.538. The molecule has 0 aliphatic carbocycles. The van der Waals surface area contributed by atoms with Gasteiger partial charge in [-0.3, -0.25) is 0 Å². The topological polar surface area (TPSA) is 30.5 Å². The molecule has 2 rings (SSSR count). The third kappa shape index (κ3) is 4.48. The predicted octanol–water partition coefficient (Wildman–Crippen LogP) is 1.10. The zero-order valence-corrected chi connectivity index (χ0v) is 13.1. The van der Waals surface area contributed by atoms with Crippen molar-refractivity contribution in [3.05, 3.63) is 24.3 Å². The third-order valence-corrected chi connectivity index (χ3v) is 5.64. The molecule has 0 spiro atoms. The number of benzene rings is 1. The maximum absolute atomic E-state index is 5.95. The van der Waals surface area contributed by atoms with E-state index in [9.17, 15) is 0 Å². The van der Waals surface area contributed by atoms with Crippen LogP contribution in [0.2, 0.25) is 0 Å². The van der Waals surface area contributed by atoms with Crippen molar-refractivity contribution in [1.29, 1.82) is 0 Å². The van der Waals surface area contributed by atoms with Crippen molar-refractivity contribution in [2.24, 2.45) is 0 Å². The van der Waals surface area contributed by atoms with Crippen LogP contribution in [0, 0.1) is 0 Å². The molecule has 0 aromatic heterocycles. The summed E-state index contributed by atoms with van der Waals surface area (Å²) in [5.74, 6) is 0.997. The van der Waals surface area contributed by atoms with E-state index in [1.165, 1.54) is 3.58 Å². The van der Waals surface area contributed by atoms with E-state index >= 15 is 0 Å². The van der Waals surface area contributed by atoms with E-state index in [2.05, 4.69) is 36.5 Å². The molecule has 0 atom stereocenters.